The van der Waals surface area contributed by atoms with Crippen molar-refractivity contribution in [3.05, 3.63) is 33.9 Å². The number of hydrogen-bond donors (Lipinski definition) is 1. The molecule has 0 aliphatic carbocycles. The van der Waals surface area contributed by atoms with Crippen LogP contribution in [0.3, 0.4) is 0 Å². The van der Waals surface area contributed by atoms with E-state index in [-0.39, 0.29) is 40.8 Å². The molecule has 0 bridgehead atoms. The molecule has 0 atom stereocenters. The van der Waals surface area contributed by atoms with Crippen molar-refractivity contribution in [2.45, 2.75) is 11.8 Å². The Balaban J connectivity index is 0.00000196. The number of nitro benzene ring substituents is 1. The zero-order valence-corrected chi connectivity index (χ0v) is 11.0. The Hall–Kier alpha value is -0.470. The Morgan fingerprint density at radius 1 is 1.40 bits per heavy atom. The number of benzene rings is 1. The molecule has 0 spiro atoms. The molecule has 15 heavy (non-hydrogen) atoms. The molecule has 0 saturated carbocycles. The zero-order chi connectivity index (χ0) is 10.9. The number of aryl methyl sites for hydroxylation is 1. The van der Waals surface area contributed by atoms with Crippen LogP contribution in [0.1, 0.15) is 5.56 Å². The first-order chi connectivity index (χ1) is 6.32. The van der Waals surface area contributed by atoms with Gasteiger partial charge in [0.15, 0.2) is 0 Å². The van der Waals surface area contributed by atoms with Crippen molar-refractivity contribution in [2.24, 2.45) is 0 Å². The molecule has 0 unspecified atom stereocenters. The third-order valence-corrected chi connectivity index (χ3v) is 2.66. The van der Waals surface area contributed by atoms with E-state index < -0.39 is 19.9 Å². The van der Waals surface area contributed by atoms with Gasteiger partial charge in [-0.25, -0.2) is 0 Å². The first-order valence-corrected chi connectivity index (χ1v) is 4.99. The van der Waals surface area contributed by atoms with Gasteiger partial charge in [-0.2, -0.15) is 8.42 Å². The number of nitrogens with zero attached hydrogens (tertiary/aromatic N) is 1. The molecule has 1 radical (unpaired) electrons. The molecule has 0 heterocycles. The summed E-state index contributed by atoms with van der Waals surface area (Å²) in [6.45, 7) is 1.44. The Labute approximate surface area is 108 Å². The van der Waals surface area contributed by atoms with Gasteiger partial charge in [-0.15, -0.1) is 0 Å². The van der Waals surface area contributed by atoms with Gasteiger partial charge >= 0.3 is 0 Å². The van der Waals surface area contributed by atoms with Gasteiger partial charge in [0.25, 0.3) is 15.8 Å². The molecule has 0 aromatic heterocycles. The first-order valence-electron chi connectivity index (χ1n) is 3.55. The second kappa shape index (κ2) is 5.04. The molecule has 77 valence electrons. The molecule has 1 rings (SSSR count). The molecule has 1 N–H and O–H groups in total. The maximum atomic E-state index is 10.8. The van der Waals surface area contributed by atoms with Crippen LogP contribution >= 0.6 is 0 Å². The van der Waals surface area contributed by atoms with Crippen molar-refractivity contribution in [2.75, 3.05) is 0 Å². The molecule has 8 heteroatoms. The zero-order valence-electron chi connectivity index (χ0n) is 8.17. The fourth-order valence-corrected chi connectivity index (χ4v) is 1.72. The van der Waals surface area contributed by atoms with Gasteiger partial charge in [-0.05, 0) is 12.5 Å². The number of rotatable bonds is 2. The topological polar surface area (TPSA) is 97.5 Å². The summed E-state index contributed by atoms with van der Waals surface area (Å²) < 4.78 is 30.2. The first kappa shape index (κ1) is 14.5. The Bertz CT molecular complexity index is 484. The summed E-state index contributed by atoms with van der Waals surface area (Å²) in [7, 11) is -4.39. The molecule has 0 saturated heterocycles. The Morgan fingerprint density at radius 3 is 2.33 bits per heavy atom. The van der Waals surface area contributed by atoms with Gasteiger partial charge in [0.05, 0.1) is 4.92 Å². The SMILES string of the molecule is Cc1ccc([N+](=O)[O-])cc1S(=O)(=O)O.[Na]. The molecule has 1 aromatic carbocycles. The fraction of sp³-hybridized carbons (Fsp3) is 0.143. The maximum absolute atomic E-state index is 10.8. The fourth-order valence-electron chi connectivity index (χ4n) is 0.980. The third-order valence-electron chi connectivity index (χ3n) is 1.66. The van der Waals surface area contributed by atoms with Gasteiger partial charge in [0, 0.05) is 41.7 Å². The van der Waals surface area contributed by atoms with E-state index in [1.54, 1.807) is 0 Å². The van der Waals surface area contributed by atoms with Crippen LogP contribution in [0.25, 0.3) is 0 Å². The summed E-state index contributed by atoms with van der Waals surface area (Å²) >= 11 is 0. The van der Waals surface area contributed by atoms with Crippen LogP contribution in [0.2, 0.25) is 0 Å². The van der Waals surface area contributed by atoms with E-state index in [2.05, 4.69) is 0 Å². The maximum Gasteiger partial charge on any atom is 0.295 e. The van der Waals surface area contributed by atoms with E-state index >= 15 is 0 Å². The van der Waals surface area contributed by atoms with Crippen LogP contribution < -0.4 is 0 Å². The van der Waals surface area contributed by atoms with Crippen molar-refractivity contribution in [1.29, 1.82) is 0 Å². The number of nitro groups is 1. The Morgan fingerprint density at radius 2 is 1.93 bits per heavy atom. The van der Waals surface area contributed by atoms with Crippen molar-refractivity contribution in [3.8, 4) is 0 Å². The molecule has 0 aliphatic heterocycles. The van der Waals surface area contributed by atoms with Gasteiger partial charge < -0.3 is 0 Å². The van der Waals surface area contributed by atoms with E-state index in [4.69, 9.17) is 4.55 Å². The standard InChI is InChI=1S/C7H7NO5S.Na/c1-5-2-3-6(8(9)10)4-7(5)14(11,12)13;/h2-4H,1H3,(H,11,12,13);. The van der Waals surface area contributed by atoms with Crippen LogP contribution in [0.4, 0.5) is 5.69 Å². The van der Waals surface area contributed by atoms with Crippen molar-refractivity contribution >= 4 is 45.4 Å². The van der Waals surface area contributed by atoms with Crippen LogP contribution in [0.15, 0.2) is 23.1 Å². The van der Waals surface area contributed by atoms with Gasteiger partial charge in [0.2, 0.25) is 0 Å². The minimum Gasteiger partial charge on any atom is -0.282 e. The van der Waals surface area contributed by atoms with Crippen LogP contribution in [0, 0.1) is 17.0 Å². The molecule has 6 nitrogen and oxygen atoms in total. The summed E-state index contributed by atoms with van der Waals surface area (Å²) in [4.78, 5) is 9.15. The minimum atomic E-state index is -4.39. The van der Waals surface area contributed by atoms with Crippen molar-refractivity contribution in [1.82, 2.24) is 0 Å². The van der Waals surface area contributed by atoms with E-state index in [0.29, 0.717) is 0 Å². The van der Waals surface area contributed by atoms with Crippen LogP contribution in [-0.4, -0.2) is 47.5 Å². The average molecular weight is 240 g/mol. The molecule has 0 fully saturated rings. The van der Waals surface area contributed by atoms with E-state index in [1.807, 2.05) is 0 Å². The normalized spacial score (nSPS) is 10.5. The molecule has 0 aliphatic rings. The van der Waals surface area contributed by atoms with Gasteiger partial charge in [0.1, 0.15) is 4.90 Å². The van der Waals surface area contributed by atoms with Crippen LogP contribution in [0.5, 0.6) is 0 Å². The quantitative estimate of drug-likeness (QED) is 0.356. The van der Waals surface area contributed by atoms with E-state index in [1.165, 1.54) is 19.1 Å². The molecular formula is C7H7NNaO5S. The molecule has 1 aromatic rings. The predicted octanol–water partition coefficient (Wildman–Crippen LogP) is 0.769. The van der Waals surface area contributed by atoms with Gasteiger partial charge in [-0.1, -0.05) is 6.07 Å². The summed E-state index contributed by atoms with van der Waals surface area (Å²) in [6.07, 6.45) is 0. The van der Waals surface area contributed by atoms with Crippen molar-refractivity contribution < 1.29 is 17.9 Å². The second-order valence-corrected chi connectivity index (χ2v) is 4.07. The average Bonchev–Trinajstić information content (AvgIpc) is 2.02. The minimum absolute atomic E-state index is 0. The van der Waals surface area contributed by atoms with Crippen molar-refractivity contribution in [3.63, 3.8) is 0 Å². The summed E-state index contributed by atoms with van der Waals surface area (Å²) in [5.74, 6) is 0. The monoisotopic (exact) mass is 240 g/mol. The number of non-ortho nitro benzene ring substituents is 1. The summed E-state index contributed by atoms with van der Waals surface area (Å²) in [5, 5.41) is 10.3. The van der Waals surface area contributed by atoms with E-state index in [9.17, 15) is 18.5 Å². The van der Waals surface area contributed by atoms with E-state index in [0.717, 1.165) is 6.07 Å². The number of hydrogen-bond acceptors (Lipinski definition) is 4. The second-order valence-electron chi connectivity index (χ2n) is 2.68. The molecular weight excluding hydrogens is 233 g/mol. The largest absolute Gasteiger partial charge is 0.295 e. The summed E-state index contributed by atoms with van der Waals surface area (Å²) in [5.41, 5.74) is -0.110. The third kappa shape index (κ3) is 3.54. The smallest absolute Gasteiger partial charge is 0.282 e. The Kier molecular flexibility index (Phi) is 4.88. The predicted molar refractivity (Wildman–Crippen MR) is 53.4 cm³/mol. The van der Waals surface area contributed by atoms with Crippen LogP contribution in [-0.2, 0) is 10.1 Å². The van der Waals surface area contributed by atoms with Gasteiger partial charge in [-0.3, -0.25) is 14.7 Å². The molecule has 0 amide bonds. The summed E-state index contributed by atoms with van der Waals surface area (Å²) in [6, 6.07) is 3.26.